The van der Waals surface area contributed by atoms with E-state index in [0.717, 1.165) is 0 Å². The second-order valence-corrected chi connectivity index (χ2v) is 4.96. The van der Waals surface area contributed by atoms with Gasteiger partial charge in [-0.05, 0) is 5.56 Å². The summed E-state index contributed by atoms with van der Waals surface area (Å²) in [6.45, 7) is -1.67. The molecule has 122 valence electrons. The van der Waals surface area contributed by atoms with Gasteiger partial charge >= 0.3 is 18.7 Å². The average molecular weight is 324 g/mol. The molecule has 1 unspecified atom stereocenters. The zero-order chi connectivity index (χ0) is 16.5. The Labute approximate surface area is 122 Å². The van der Waals surface area contributed by atoms with Crippen LogP contribution in [0.3, 0.4) is 0 Å². The number of hydrogen-bond acceptors (Lipinski definition) is 3. The molecule has 1 amide bonds. The Morgan fingerprint density at radius 1 is 1.41 bits per heavy atom. The Morgan fingerprint density at radius 3 is 2.68 bits per heavy atom. The Morgan fingerprint density at radius 2 is 2.09 bits per heavy atom. The molecule has 0 saturated carbocycles. The Bertz CT molecular complexity index is 562. The summed E-state index contributed by atoms with van der Waals surface area (Å²) in [6, 6.07) is 2.73. The predicted octanol–water partition coefficient (Wildman–Crippen LogP) is 2.73. The van der Waals surface area contributed by atoms with Gasteiger partial charge in [0, 0.05) is 37.2 Å². The molecule has 1 aromatic rings. The van der Waals surface area contributed by atoms with E-state index in [1.165, 1.54) is 12.1 Å². The lowest BCUT2D eigenvalue weighted by Crippen LogP contribution is -2.42. The summed E-state index contributed by atoms with van der Waals surface area (Å²) in [5.74, 6) is -2.59. The van der Waals surface area contributed by atoms with Crippen LogP contribution >= 0.6 is 0 Å². The number of nitrogens with zero attached hydrogens (tertiary/aromatic N) is 2. The van der Waals surface area contributed by atoms with Crippen LogP contribution in [-0.2, 0) is 11.2 Å². The zero-order valence-corrected chi connectivity index (χ0v) is 11.5. The molecule has 0 spiro atoms. The first-order valence-electron chi connectivity index (χ1n) is 6.49. The van der Waals surface area contributed by atoms with Crippen LogP contribution in [0.1, 0.15) is 24.1 Å². The van der Waals surface area contributed by atoms with E-state index in [2.05, 4.69) is 9.72 Å². The van der Waals surface area contributed by atoms with Gasteiger partial charge in [0.1, 0.15) is 0 Å². The molecule has 2 heterocycles. The highest BCUT2D eigenvalue weighted by atomic mass is 19.4. The first kappa shape index (κ1) is 16.4. The molecule has 22 heavy (non-hydrogen) atoms. The van der Waals surface area contributed by atoms with Crippen LogP contribution in [0.25, 0.3) is 0 Å². The highest BCUT2D eigenvalue weighted by Gasteiger charge is 2.43. The van der Waals surface area contributed by atoms with Gasteiger partial charge in [-0.1, -0.05) is 13.0 Å². The van der Waals surface area contributed by atoms with Gasteiger partial charge < -0.3 is 9.64 Å². The Balaban J connectivity index is 2.22. The number of rotatable bonds is 2. The van der Waals surface area contributed by atoms with E-state index in [0.29, 0.717) is 16.2 Å². The second-order valence-electron chi connectivity index (χ2n) is 4.96. The standard InChI is InChI=1S/C13H13F5N2O2/c1-7-6-20(11(21)13(16,17)18)5-4-9-8(7)2-3-10(19-9)22-12(14)15/h2-3,7,12H,4-6H2,1H3. The number of aromatic nitrogens is 1. The van der Waals surface area contributed by atoms with Gasteiger partial charge in [-0.25, -0.2) is 4.98 Å². The summed E-state index contributed by atoms with van der Waals surface area (Å²) in [7, 11) is 0. The first-order valence-corrected chi connectivity index (χ1v) is 6.49. The molecule has 1 aliphatic heterocycles. The number of fused-ring (bicyclic) bond motifs is 1. The van der Waals surface area contributed by atoms with E-state index in [-0.39, 0.29) is 25.4 Å². The largest absolute Gasteiger partial charge is 0.471 e. The molecule has 4 nitrogen and oxygen atoms in total. The first-order chi connectivity index (χ1) is 10.2. The number of carbonyl (C=O) groups is 1. The van der Waals surface area contributed by atoms with Crippen molar-refractivity contribution in [3.63, 3.8) is 0 Å². The summed E-state index contributed by atoms with van der Waals surface area (Å²) in [5, 5.41) is 0. The van der Waals surface area contributed by atoms with Gasteiger partial charge in [-0.2, -0.15) is 22.0 Å². The lowest BCUT2D eigenvalue weighted by Gasteiger charge is -2.23. The van der Waals surface area contributed by atoms with Crippen molar-refractivity contribution in [2.24, 2.45) is 0 Å². The van der Waals surface area contributed by atoms with E-state index < -0.39 is 24.6 Å². The van der Waals surface area contributed by atoms with E-state index in [9.17, 15) is 26.7 Å². The molecular weight excluding hydrogens is 311 g/mol. The molecule has 0 aliphatic carbocycles. The fraction of sp³-hybridized carbons (Fsp3) is 0.538. The maximum absolute atomic E-state index is 12.5. The second kappa shape index (κ2) is 6.05. The number of halogens is 5. The van der Waals surface area contributed by atoms with Crippen LogP contribution in [0.4, 0.5) is 22.0 Å². The third kappa shape index (κ3) is 3.63. The van der Waals surface area contributed by atoms with E-state index >= 15 is 0 Å². The molecule has 0 bridgehead atoms. The van der Waals surface area contributed by atoms with Crippen molar-refractivity contribution in [3.05, 3.63) is 23.4 Å². The van der Waals surface area contributed by atoms with Crippen LogP contribution in [0.15, 0.2) is 12.1 Å². The minimum absolute atomic E-state index is 0.0436. The number of amides is 1. The van der Waals surface area contributed by atoms with Gasteiger partial charge in [0.2, 0.25) is 5.88 Å². The minimum Gasteiger partial charge on any atom is -0.417 e. The minimum atomic E-state index is -4.94. The lowest BCUT2D eigenvalue weighted by molar-refractivity contribution is -0.185. The average Bonchev–Trinajstić information content (AvgIpc) is 2.55. The van der Waals surface area contributed by atoms with Gasteiger partial charge in [-0.3, -0.25) is 4.79 Å². The van der Waals surface area contributed by atoms with Gasteiger partial charge in [0.05, 0.1) is 0 Å². The molecule has 9 heteroatoms. The molecular formula is C13H13F5N2O2. The van der Waals surface area contributed by atoms with Crippen LogP contribution < -0.4 is 4.74 Å². The van der Waals surface area contributed by atoms with Crippen molar-refractivity contribution >= 4 is 5.91 Å². The quantitative estimate of drug-likeness (QED) is 0.786. The molecule has 0 radical (unpaired) electrons. The third-order valence-electron chi connectivity index (χ3n) is 3.37. The normalized spacial score (nSPS) is 18.9. The molecule has 2 rings (SSSR count). The Kier molecular flexibility index (Phi) is 4.52. The maximum Gasteiger partial charge on any atom is 0.471 e. The lowest BCUT2D eigenvalue weighted by atomic mass is 9.99. The van der Waals surface area contributed by atoms with E-state index in [4.69, 9.17) is 0 Å². The van der Waals surface area contributed by atoms with Crippen molar-refractivity contribution in [1.82, 2.24) is 9.88 Å². The summed E-state index contributed by atoms with van der Waals surface area (Å²) >= 11 is 0. The molecule has 0 aromatic carbocycles. The smallest absolute Gasteiger partial charge is 0.417 e. The van der Waals surface area contributed by atoms with E-state index in [1.54, 1.807) is 6.92 Å². The summed E-state index contributed by atoms with van der Waals surface area (Å²) < 4.78 is 66.1. The Hall–Kier alpha value is -1.93. The van der Waals surface area contributed by atoms with Crippen molar-refractivity contribution in [3.8, 4) is 5.88 Å². The van der Waals surface area contributed by atoms with Crippen LogP contribution in [0, 0.1) is 0 Å². The van der Waals surface area contributed by atoms with Crippen molar-refractivity contribution < 1.29 is 31.5 Å². The number of ether oxygens (including phenoxy) is 1. The number of carbonyl (C=O) groups excluding carboxylic acids is 1. The summed E-state index contributed by atoms with van der Waals surface area (Å²) in [4.78, 5) is 15.9. The SMILES string of the molecule is CC1CN(C(=O)C(F)(F)F)CCc2nc(OC(F)F)ccc21. The third-order valence-corrected chi connectivity index (χ3v) is 3.37. The topological polar surface area (TPSA) is 42.4 Å². The fourth-order valence-corrected chi connectivity index (χ4v) is 2.42. The maximum atomic E-state index is 12.5. The van der Waals surface area contributed by atoms with E-state index in [1.807, 2.05) is 0 Å². The molecule has 1 aromatic heterocycles. The molecule has 0 fully saturated rings. The molecule has 1 aliphatic rings. The van der Waals surface area contributed by atoms with Crippen molar-refractivity contribution in [2.45, 2.75) is 32.1 Å². The molecule has 0 saturated heterocycles. The highest BCUT2D eigenvalue weighted by Crippen LogP contribution is 2.28. The zero-order valence-electron chi connectivity index (χ0n) is 11.5. The summed E-state index contributed by atoms with van der Waals surface area (Å²) in [5.41, 5.74) is 0.988. The molecule has 1 atom stereocenters. The van der Waals surface area contributed by atoms with Crippen molar-refractivity contribution in [1.29, 1.82) is 0 Å². The van der Waals surface area contributed by atoms with Crippen LogP contribution in [-0.4, -0.2) is 41.7 Å². The number of pyridine rings is 1. The monoisotopic (exact) mass is 324 g/mol. The summed E-state index contributed by atoms with van der Waals surface area (Å²) in [6.07, 6.45) is -4.89. The van der Waals surface area contributed by atoms with Crippen LogP contribution in [0.2, 0.25) is 0 Å². The fourth-order valence-electron chi connectivity index (χ4n) is 2.42. The van der Waals surface area contributed by atoms with Gasteiger partial charge in [0.25, 0.3) is 0 Å². The number of alkyl halides is 5. The molecule has 0 N–H and O–H groups in total. The van der Waals surface area contributed by atoms with Crippen LogP contribution in [0.5, 0.6) is 5.88 Å². The number of hydrogen-bond donors (Lipinski definition) is 0. The van der Waals surface area contributed by atoms with Gasteiger partial charge in [0.15, 0.2) is 0 Å². The highest BCUT2D eigenvalue weighted by molar-refractivity contribution is 5.82. The van der Waals surface area contributed by atoms with Crippen molar-refractivity contribution in [2.75, 3.05) is 13.1 Å². The predicted molar refractivity (Wildman–Crippen MR) is 65.6 cm³/mol. The van der Waals surface area contributed by atoms with Gasteiger partial charge in [-0.15, -0.1) is 0 Å².